The number of benzene rings is 1. The summed E-state index contributed by atoms with van der Waals surface area (Å²) in [6, 6.07) is 10.1. The molecule has 0 aliphatic rings. The molecule has 0 amide bonds. The standard InChI is InChI=1S/C12H14BrN5/c1-12(9-14,16-6-7-17-18-15)8-10-2-4-11(13)5-3-10/h2-5,16H,6-8H2,1H3. The maximum absolute atomic E-state index is 9.23. The summed E-state index contributed by atoms with van der Waals surface area (Å²) < 4.78 is 1.02. The molecular weight excluding hydrogens is 294 g/mol. The highest BCUT2D eigenvalue weighted by molar-refractivity contribution is 9.10. The largest absolute Gasteiger partial charge is 0.299 e. The molecule has 1 N–H and O–H groups in total. The van der Waals surface area contributed by atoms with Crippen LogP contribution in [-0.2, 0) is 6.42 Å². The van der Waals surface area contributed by atoms with E-state index in [1.807, 2.05) is 31.2 Å². The molecule has 0 aromatic heterocycles. The van der Waals surface area contributed by atoms with Gasteiger partial charge in [-0.15, -0.1) is 0 Å². The number of azide groups is 1. The van der Waals surface area contributed by atoms with Crippen LogP contribution in [0, 0.1) is 11.3 Å². The summed E-state index contributed by atoms with van der Waals surface area (Å²) in [4.78, 5) is 2.67. The first-order valence-corrected chi connectivity index (χ1v) is 6.30. The van der Waals surface area contributed by atoms with Gasteiger partial charge in [-0.05, 0) is 30.2 Å². The van der Waals surface area contributed by atoms with Crippen LogP contribution in [0.15, 0.2) is 33.9 Å². The smallest absolute Gasteiger partial charge is 0.107 e. The van der Waals surface area contributed by atoms with E-state index in [0.717, 1.165) is 10.0 Å². The van der Waals surface area contributed by atoms with Crippen LogP contribution < -0.4 is 5.32 Å². The van der Waals surface area contributed by atoms with Crippen molar-refractivity contribution in [1.82, 2.24) is 5.32 Å². The van der Waals surface area contributed by atoms with Crippen LogP contribution >= 0.6 is 15.9 Å². The van der Waals surface area contributed by atoms with Crippen molar-refractivity contribution in [3.8, 4) is 6.07 Å². The molecule has 0 aliphatic heterocycles. The number of nitrogens with zero attached hydrogens (tertiary/aromatic N) is 4. The van der Waals surface area contributed by atoms with Gasteiger partial charge in [0, 0.05) is 28.9 Å². The second-order valence-corrected chi connectivity index (χ2v) is 5.04. The summed E-state index contributed by atoms with van der Waals surface area (Å²) in [5.74, 6) is 0. The molecule has 0 aliphatic carbocycles. The van der Waals surface area contributed by atoms with Crippen LogP contribution in [0.1, 0.15) is 12.5 Å². The van der Waals surface area contributed by atoms with Crippen LogP contribution in [0.5, 0.6) is 0 Å². The number of hydrogen-bond acceptors (Lipinski definition) is 3. The molecular formula is C12H14BrN5. The van der Waals surface area contributed by atoms with Crippen LogP contribution in [0.25, 0.3) is 10.4 Å². The molecule has 0 saturated heterocycles. The lowest BCUT2D eigenvalue weighted by atomic mass is 9.94. The first kappa shape index (κ1) is 14.5. The van der Waals surface area contributed by atoms with Crippen LogP contribution in [-0.4, -0.2) is 18.6 Å². The fourth-order valence-corrected chi connectivity index (χ4v) is 1.84. The molecule has 0 bridgehead atoms. The fraction of sp³-hybridized carbons (Fsp3) is 0.417. The summed E-state index contributed by atoms with van der Waals surface area (Å²) in [5, 5.41) is 15.8. The maximum atomic E-state index is 9.23. The number of halogens is 1. The molecule has 0 fully saturated rings. The Hall–Kier alpha value is -1.54. The quantitative estimate of drug-likeness (QED) is 0.379. The lowest BCUT2D eigenvalue weighted by molar-refractivity contribution is 0.451. The fourth-order valence-electron chi connectivity index (χ4n) is 1.58. The first-order chi connectivity index (χ1) is 8.59. The molecule has 6 heteroatoms. The third-order valence-electron chi connectivity index (χ3n) is 2.51. The van der Waals surface area contributed by atoms with Gasteiger partial charge in [0.25, 0.3) is 0 Å². The molecule has 1 atom stereocenters. The highest BCUT2D eigenvalue weighted by Gasteiger charge is 2.22. The van der Waals surface area contributed by atoms with Gasteiger partial charge in [0.1, 0.15) is 5.54 Å². The van der Waals surface area contributed by atoms with Crippen molar-refractivity contribution in [2.45, 2.75) is 18.9 Å². The Morgan fingerprint density at radius 3 is 2.72 bits per heavy atom. The van der Waals surface area contributed by atoms with Gasteiger partial charge >= 0.3 is 0 Å². The maximum Gasteiger partial charge on any atom is 0.107 e. The van der Waals surface area contributed by atoms with Gasteiger partial charge in [0.15, 0.2) is 0 Å². The second-order valence-electron chi connectivity index (χ2n) is 4.13. The third kappa shape index (κ3) is 4.76. The van der Waals surface area contributed by atoms with Crippen LogP contribution in [0.3, 0.4) is 0 Å². The zero-order valence-corrected chi connectivity index (χ0v) is 11.7. The van der Waals surface area contributed by atoms with E-state index in [-0.39, 0.29) is 0 Å². The molecule has 0 saturated carbocycles. The van der Waals surface area contributed by atoms with Crippen molar-refractivity contribution in [3.05, 3.63) is 44.7 Å². The van der Waals surface area contributed by atoms with Gasteiger partial charge in [-0.25, -0.2) is 0 Å². The van der Waals surface area contributed by atoms with Crippen molar-refractivity contribution in [2.75, 3.05) is 13.1 Å². The van der Waals surface area contributed by atoms with E-state index < -0.39 is 5.54 Å². The third-order valence-corrected chi connectivity index (χ3v) is 3.04. The zero-order chi connectivity index (χ0) is 13.4. The summed E-state index contributed by atoms with van der Waals surface area (Å²) in [5.41, 5.74) is 8.60. The minimum atomic E-state index is -0.654. The molecule has 0 heterocycles. The van der Waals surface area contributed by atoms with E-state index in [1.54, 1.807) is 0 Å². The van der Waals surface area contributed by atoms with E-state index in [9.17, 15) is 5.26 Å². The average Bonchev–Trinajstić information content (AvgIpc) is 2.38. The molecule has 1 unspecified atom stereocenters. The van der Waals surface area contributed by atoms with Gasteiger partial charge in [0.05, 0.1) is 6.07 Å². The van der Waals surface area contributed by atoms with Crippen molar-refractivity contribution in [2.24, 2.45) is 5.11 Å². The zero-order valence-electron chi connectivity index (χ0n) is 10.1. The molecule has 18 heavy (non-hydrogen) atoms. The Bertz CT molecular complexity index is 472. The van der Waals surface area contributed by atoms with Crippen LogP contribution in [0.4, 0.5) is 0 Å². The van der Waals surface area contributed by atoms with Crippen molar-refractivity contribution < 1.29 is 0 Å². The molecule has 1 rings (SSSR count). The Labute approximate surface area is 115 Å². The highest BCUT2D eigenvalue weighted by Crippen LogP contribution is 2.16. The summed E-state index contributed by atoms with van der Waals surface area (Å²) in [6.07, 6.45) is 0.604. The van der Waals surface area contributed by atoms with Gasteiger partial charge in [-0.2, -0.15) is 5.26 Å². The predicted octanol–water partition coefficient (Wildman–Crippen LogP) is 3.17. The highest BCUT2D eigenvalue weighted by atomic mass is 79.9. The summed E-state index contributed by atoms with van der Waals surface area (Å²) in [7, 11) is 0. The first-order valence-electron chi connectivity index (χ1n) is 5.51. The van der Waals surface area contributed by atoms with Gasteiger partial charge < -0.3 is 0 Å². The molecule has 0 radical (unpaired) electrons. The van der Waals surface area contributed by atoms with Crippen molar-refractivity contribution in [1.29, 1.82) is 5.26 Å². The minimum Gasteiger partial charge on any atom is -0.299 e. The summed E-state index contributed by atoms with van der Waals surface area (Å²) in [6.45, 7) is 2.67. The second kappa shape index (κ2) is 7.02. The van der Waals surface area contributed by atoms with Crippen LogP contribution in [0.2, 0.25) is 0 Å². The lowest BCUT2D eigenvalue weighted by Crippen LogP contribution is -2.44. The number of rotatable bonds is 6. The predicted molar refractivity (Wildman–Crippen MR) is 73.9 cm³/mol. The van der Waals surface area contributed by atoms with E-state index in [1.165, 1.54) is 0 Å². The van der Waals surface area contributed by atoms with Gasteiger partial charge in [-0.3, -0.25) is 5.32 Å². The Kier molecular flexibility index (Phi) is 5.66. The average molecular weight is 308 g/mol. The molecule has 94 valence electrons. The number of hydrogen-bond donors (Lipinski definition) is 1. The SMILES string of the molecule is CC(C#N)(Cc1ccc(Br)cc1)NCCN=[N+]=[N-]. The minimum absolute atomic E-state index is 0.341. The summed E-state index contributed by atoms with van der Waals surface area (Å²) >= 11 is 3.37. The molecule has 0 spiro atoms. The Balaban J connectivity index is 2.62. The monoisotopic (exact) mass is 307 g/mol. The normalized spacial score (nSPS) is 13.2. The Morgan fingerprint density at radius 1 is 1.50 bits per heavy atom. The van der Waals surface area contributed by atoms with Gasteiger partial charge in [-0.1, -0.05) is 33.2 Å². The molecule has 5 nitrogen and oxygen atoms in total. The Morgan fingerprint density at radius 2 is 2.17 bits per heavy atom. The van der Waals surface area contributed by atoms with Crippen molar-refractivity contribution >= 4 is 15.9 Å². The topological polar surface area (TPSA) is 84.6 Å². The number of nitriles is 1. The number of nitrogens with one attached hydrogen (secondary N) is 1. The van der Waals surface area contributed by atoms with E-state index in [4.69, 9.17) is 5.53 Å². The molecule has 1 aromatic carbocycles. The van der Waals surface area contributed by atoms with E-state index in [0.29, 0.717) is 19.5 Å². The van der Waals surface area contributed by atoms with Crippen molar-refractivity contribution in [3.63, 3.8) is 0 Å². The molecule has 1 aromatic rings. The van der Waals surface area contributed by atoms with E-state index in [2.05, 4.69) is 37.3 Å². The lowest BCUT2D eigenvalue weighted by Gasteiger charge is -2.23. The van der Waals surface area contributed by atoms with Gasteiger partial charge in [0.2, 0.25) is 0 Å². The van der Waals surface area contributed by atoms with E-state index >= 15 is 0 Å².